The Morgan fingerprint density at radius 2 is 2.04 bits per heavy atom. The van der Waals surface area contributed by atoms with Crippen LogP contribution in [-0.4, -0.2) is 36.7 Å². The maximum atomic E-state index is 14.7. The first-order valence-electron chi connectivity index (χ1n) is 6.83. The standard InChI is InChI=1S/C10H15F2N3O9P2/c1-9(15-4-6(11)7(13)14-8(15)16)2-3-10(12,23-9)5-22-26(20,21)24-25(17,18)19/h4H,2-3,5H2,1H3,(H,20,21)(H2,13,14,16)(H2,17,18,19)/t9-,10+/m1/s1. The molecule has 1 aliphatic rings. The molecule has 0 spiro atoms. The summed E-state index contributed by atoms with van der Waals surface area (Å²) < 4.78 is 63.6. The van der Waals surface area contributed by atoms with E-state index >= 15 is 0 Å². The van der Waals surface area contributed by atoms with Crippen LogP contribution in [0.25, 0.3) is 0 Å². The average molecular weight is 421 g/mol. The predicted octanol–water partition coefficient (Wildman–Crippen LogP) is 0.340. The summed E-state index contributed by atoms with van der Waals surface area (Å²) >= 11 is 0. The lowest BCUT2D eigenvalue weighted by Crippen LogP contribution is -2.42. The third kappa shape index (κ3) is 4.93. The second-order valence-electron chi connectivity index (χ2n) is 5.60. The van der Waals surface area contributed by atoms with Gasteiger partial charge in [-0.3, -0.25) is 9.09 Å². The van der Waals surface area contributed by atoms with Crippen LogP contribution in [0.4, 0.5) is 14.6 Å². The number of alkyl halides is 1. The van der Waals surface area contributed by atoms with Crippen LogP contribution in [0.3, 0.4) is 0 Å². The smallest absolute Gasteiger partial charge is 0.381 e. The Hall–Kier alpha value is -1.24. The quantitative estimate of drug-likeness (QED) is 0.465. The van der Waals surface area contributed by atoms with Crippen molar-refractivity contribution in [3.63, 3.8) is 0 Å². The number of rotatable bonds is 6. The number of aromatic nitrogens is 2. The van der Waals surface area contributed by atoms with E-state index in [-0.39, 0.29) is 6.42 Å². The normalized spacial score (nSPS) is 28.8. The molecule has 0 saturated carbocycles. The lowest BCUT2D eigenvalue weighted by molar-refractivity contribution is -0.216. The van der Waals surface area contributed by atoms with Crippen molar-refractivity contribution in [2.45, 2.75) is 31.3 Å². The monoisotopic (exact) mass is 421 g/mol. The van der Waals surface area contributed by atoms with Crippen molar-refractivity contribution in [3.8, 4) is 0 Å². The van der Waals surface area contributed by atoms with E-state index in [0.717, 1.165) is 0 Å². The minimum absolute atomic E-state index is 0.188. The van der Waals surface area contributed by atoms with Gasteiger partial charge in [0.1, 0.15) is 12.3 Å². The van der Waals surface area contributed by atoms with Gasteiger partial charge in [0.25, 0.3) is 0 Å². The Labute approximate surface area is 144 Å². The lowest BCUT2D eigenvalue weighted by Gasteiger charge is -2.29. The minimum Gasteiger partial charge on any atom is -0.381 e. The highest BCUT2D eigenvalue weighted by molar-refractivity contribution is 7.60. The predicted molar refractivity (Wildman–Crippen MR) is 79.6 cm³/mol. The maximum Gasteiger partial charge on any atom is 0.481 e. The molecule has 1 aromatic rings. The zero-order valence-corrected chi connectivity index (χ0v) is 14.9. The molecular weight excluding hydrogens is 406 g/mol. The minimum atomic E-state index is -5.37. The van der Waals surface area contributed by atoms with Crippen molar-refractivity contribution in [3.05, 3.63) is 22.5 Å². The highest BCUT2D eigenvalue weighted by Gasteiger charge is 2.51. The summed E-state index contributed by atoms with van der Waals surface area (Å²) in [6.45, 7) is -0.0201. The van der Waals surface area contributed by atoms with Crippen LogP contribution in [0.2, 0.25) is 0 Å². The Balaban J connectivity index is 2.16. The first-order valence-corrected chi connectivity index (χ1v) is 9.86. The molecule has 1 aliphatic heterocycles. The molecule has 5 N–H and O–H groups in total. The van der Waals surface area contributed by atoms with E-state index in [0.29, 0.717) is 10.8 Å². The zero-order valence-electron chi connectivity index (χ0n) is 13.1. The summed E-state index contributed by atoms with van der Waals surface area (Å²) in [5.41, 5.74) is 2.42. The van der Waals surface area contributed by atoms with Gasteiger partial charge in [-0.2, -0.15) is 9.29 Å². The maximum absolute atomic E-state index is 14.7. The highest BCUT2D eigenvalue weighted by Crippen LogP contribution is 2.58. The summed E-state index contributed by atoms with van der Waals surface area (Å²) in [5.74, 6) is -4.43. The van der Waals surface area contributed by atoms with Gasteiger partial charge in [-0.15, -0.1) is 0 Å². The third-order valence-corrected chi connectivity index (χ3v) is 5.57. The number of phosphoric ester groups is 1. The fraction of sp³-hybridized carbons (Fsp3) is 0.600. The van der Waals surface area contributed by atoms with E-state index in [1.165, 1.54) is 6.92 Å². The van der Waals surface area contributed by atoms with Crippen molar-refractivity contribution < 1.29 is 46.2 Å². The number of nitrogen functional groups attached to an aromatic ring is 1. The molecule has 148 valence electrons. The average Bonchev–Trinajstić information content (AvgIpc) is 2.76. The molecule has 0 aliphatic carbocycles. The Morgan fingerprint density at radius 1 is 1.42 bits per heavy atom. The van der Waals surface area contributed by atoms with Crippen LogP contribution in [0.1, 0.15) is 19.8 Å². The number of anilines is 1. The molecule has 0 amide bonds. The molecule has 1 unspecified atom stereocenters. The van der Waals surface area contributed by atoms with Gasteiger partial charge in [0.15, 0.2) is 11.6 Å². The Bertz CT molecular complexity index is 861. The largest absolute Gasteiger partial charge is 0.481 e. The molecule has 1 aromatic heterocycles. The number of hydrogen-bond donors (Lipinski definition) is 4. The van der Waals surface area contributed by atoms with Crippen LogP contribution in [-0.2, 0) is 28.4 Å². The topological polar surface area (TPSA) is 183 Å². The molecule has 2 heterocycles. The van der Waals surface area contributed by atoms with Gasteiger partial charge in [-0.25, -0.2) is 22.7 Å². The summed E-state index contributed by atoms with van der Waals surface area (Å²) in [6.07, 6.45) is 0.0236. The van der Waals surface area contributed by atoms with Crippen LogP contribution in [0.15, 0.2) is 11.0 Å². The first kappa shape index (κ1) is 21.1. The van der Waals surface area contributed by atoms with E-state index in [4.69, 9.17) is 25.2 Å². The Kier molecular flexibility index (Phi) is 5.45. The summed E-state index contributed by atoms with van der Waals surface area (Å²) in [5, 5.41) is 0. The first-order chi connectivity index (χ1) is 11.6. The van der Waals surface area contributed by atoms with E-state index in [9.17, 15) is 22.7 Å². The molecule has 12 nitrogen and oxygen atoms in total. The summed E-state index contributed by atoms with van der Waals surface area (Å²) in [6, 6.07) is 0. The molecular formula is C10H15F2N3O9P2. The number of hydrogen-bond acceptors (Lipinski definition) is 8. The molecule has 3 atom stereocenters. The molecule has 0 aromatic carbocycles. The van der Waals surface area contributed by atoms with Gasteiger partial charge in [0.2, 0.25) is 5.85 Å². The van der Waals surface area contributed by atoms with Gasteiger partial charge in [0.05, 0.1) is 6.20 Å². The molecule has 0 radical (unpaired) electrons. The highest BCUT2D eigenvalue weighted by atomic mass is 31.3. The van der Waals surface area contributed by atoms with Gasteiger partial charge in [-0.05, 0) is 6.92 Å². The number of phosphoric acid groups is 2. The van der Waals surface area contributed by atoms with Gasteiger partial charge in [0, 0.05) is 12.8 Å². The van der Waals surface area contributed by atoms with Crippen LogP contribution in [0.5, 0.6) is 0 Å². The molecule has 1 fully saturated rings. The zero-order chi connectivity index (χ0) is 20.0. The fourth-order valence-corrected chi connectivity index (χ4v) is 3.93. The molecule has 1 saturated heterocycles. The van der Waals surface area contributed by atoms with Crippen molar-refractivity contribution in [1.29, 1.82) is 0 Å². The number of halogens is 2. The molecule has 16 heteroatoms. The lowest BCUT2D eigenvalue weighted by atomic mass is 10.1. The molecule has 0 bridgehead atoms. The van der Waals surface area contributed by atoms with Crippen molar-refractivity contribution in [2.75, 3.05) is 12.3 Å². The van der Waals surface area contributed by atoms with Crippen molar-refractivity contribution in [1.82, 2.24) is 9.55 Å². The molecule has 26 heavy (non-hydrogen) atoms. The summed E-state index contributed by atoms with van der Waals surface area (Å²) in [7, 11) is -10.7. The SMILES string of the molecule is C[C@]1(n2cc(F)c(N)nc2=O)CC[C@@](F)(COP(=O)(O)OP(=O)(O)O)O1. The molecule has 2 rings (SSSR count). The van der Waals surface area contributed by atoms with Gasteiger partial charge >= 0.3 is 21.3 Å². The van der Waals surface area contributed by atoms with E-state index in [1.54, 1.807) is 0 Å². The van der Waals surface area contributed by atoms with E-state index in [2.05, 4.69) is 13.8 Å². The van der Waals surface area contributed by atoms with Crippen LogP contribution < -0.4 is 11.4 Å². The van der Waals surface area contributed by atoms with Crippen molar-refractivity contribution >= 4 is 21.5 Å². The van der Waals surface area contributed by atoms with Gasteiger partial charge in [-0.1, -0.05) is 0 Å². The van der Waals surface area contributed by atoms with E-state index < -0.39 is 57.6 Å². The Morgan fingerprint density at radius 3 is 2.62 bits per heavy atom. The number of nitrogens with zero attached hydrogens (tertiary/aromatic N) is 2. The number of ether oxygens (including phenoxy) is 1. The second-order valence-corrected chi connectivity index (χ2v) is 8.43. The van der Waals surface area contributed by atoms with Gasteiger partial charge < -0.3 is 25.2 Å². The number of nitrogens with two attached hydrogens (primary N) is 1. The van der Waals surface area contributed by atoms with E-state index in [1.807, 2.05) is 0 Å². The second kappa shape index (κ2) is 6.73. The fourth-order valence-electron chi connectivity index (χ4n) is 2.31. The van der Waals surface area contributed by atoms with Crippen molar-refractivity contribution in [2.24, 2.45) is 0 Å². The van der Waals surface area contributed by atoms with Crippen LogP contribution in [0, 0.1) is 5.82 Å². The third-order valence-electron chi connectivity index (χ3n) is 3.44. The summed E-state index contributed by atoms with van der Waals surface area (Å²) in [4.78, 5) is 41.2. The van der Waals surface area contributed by atoms with Crippen LogP contribution >= 0.6 is 15.6 Å².